The number of nitrogens with zero attached hydrogens (tertiary/aromatic N) is 2. The first-order valence-electron chi connectivity index (χ1n) is 7.03. The second-order valence-electron chi connectivity index (χ2n) is 5.27. The molecule has 1 aromatic heterocycles. The summed E-state index contributed by atoms with van der Waals surface area (Å²) in [7, 11) is 0. The molecule has 4 rings (SSSR count). The van der Waals surface area contributed by atoms with Crippen LogP contribution >= 0.6 is 11.6 Å². The molecular weight excluding hydrogens is 336 g/mol. The van der Waals surface area contributed by atoms with E-state index in [0.717, 1.165) is 4.90 Å². The molecule has 1 saturated heterocycles. The van der Waals surface area contributed by atoms with Gasteiger partial charge >= 0.3 is 0 Å². The van der Waals surface area contributed by atoms with Gasteiger partial charge < -0.3 is 9.25 Å². The fraction of sp³-hybridized carbons (Fsp3) is 0.125. The van der Waals surface area contributed by atoms with Crippen LogP contribution in [-0.4, -0.2) is 29.4 Å². The number of carbonyl (C=O) groups excluding carboxylic acids is 3. The molecule has 8 heteroatoms. The summed E-state index contributed by atoms with van der Waals surface area (Å²) in [6, 6.07) is 9.22. The standard InChI is InChI=1S/C16H9ClN2O5/c17-8-3-5-9(6-4-8)19-15(21)11-12(18-24-14(11)16(19)22)13(20)10-2-1-7-23-10/h1-7,11,14H/t11-,14-/m0/s1. The van der Waals surface area contributed by atoms with Gasteiger partial charge in [-0.15, -0.1) is 0 Å². The Balaban J connectivity index is 1.67. The van der Waals surface area contributed by atoms with Crippen molar-refractivity contribution in [1.29, 1.82) is 0 Å². The van der Waals surface area contributed by atoms with Crippen LogP contribution in [0.25, 0.3) is 0 Å². The van der Waals surface area contributed by atoms with E-state index in [0.29, 0.717) is 10.7 Å². The van der Waals surface area contributed by atoms with E-state index in [1.807, 2.05) is 0 Å². The minimum Gasteiger partial charge on any atom is -0.461 e. The molecule has 120 valence electrons. The molecule has 2 amide bonds. The molecule has 1 aromatic carbocycles. The molecule has 0 spiro atoms. The highest BCUT2D eigenvalue weighted by Crippen LogP contribution is 2.34. The number of fused-ring (bicyclic) bond motifs is 1. The van der Waals surface area contributed by atoms with Crippen LogP contribution in [0.4, 0.5) is 5.69 Å². The number of rotatable bonds is 3. The number of hydrogen-bond acceptors (Lipinski definition) is 6. The second-order valence-corrected chi connectivity index (χ2v) is 5.71. The number of amides is 2. The lowest BCUT2D eigenvalue weighted by Crippen LogP contribution is -2.34. The summed E-state index contributed by atoms with van der Waals surface area (Å²) in [6.07, 6.45) is 0.199. The van der Waals surface area contributed by atoms with E-state index in [1.165, 1.54) is 12.3 Å². The van der Waals surface area contributed by atoms with E-state index in [-0.39, 0.29) is 11.5 Å². The van der Waals surface area contributed by atoms with Gasteiger partial charge in [0.25, 0.3) is 5.91 Å². The van der Waals surface area contributed by atoms with Crippen molar-refractivity contribution in [1.82, 2.24) is 0 Å². The first-order valence-corrected chi connectivity index (χ1v) is 7.41. The zero-order valence-corrected chi connectivity index (χ0v) is 12.8. The Bertz CT molecular complexity index is 872. The minimum absolute atomic E-state index is 0.0307. The molecule has 0 bridgehead atoms. The number of imide groups is 1. The Labute approximate surface area is 140 Å². The third-order valence-corrected chi connectivity index (χ3v) is 4.13. The molecule has 3 heterocycles. The largest absolute Gasteiger partial charge is 0.461 e. The molecule has 2 aliphatic heterocycles. The first kappa shape index (κ1) is 14.6. The predicted molar refractivity (Wildman–Crippen MR) is 82.8 cm³/mol. The van der Waals surface area contributed by atoms with Crippen LogP contribution in [0.1, 0.15) is 10.6 Å². The summed E-state index contributed by atoms with van der Waals surface area (Å²) in [5, 5.41) is 4.11. The number of carbonyl (C=O) groups is 3. The maximum absolute atomic E-state index is 12.7. The number of benzene rings is 1. The number of halogens is 1. The Morgan fingerprint density at radius 2 is 1.88 bits per heavy atom. The van der Waals surface area contributed by atoms with E-state index < -0.39 is 29.6 Å². The van der Waals surface area contributed by atoms with Gasteiger partial charge in [0.15, 0.2) is 5.76 Å². The van der Waals surface area contributed by atoms with Gasteiger partial charge in [-0.2, -0.15) is 0 Å². The quantitative estimate of drug-likeness (QED) is 0.628. The number of Topliss-reactive ketones (excluding diaryl/α,β-unsaturated/α-hetero) is 1. The van der Waals surface area contributed by atoms with Crippen LogP contribution in [0.3, 0.4) is 0 Å². The number of anilines is 1. The zero-order chi connectivity index (χ0) is 16.8. The number of ketones is 1. The van der Waals surface area contributed by atoms with Crippen LogP contribution in [0.2, 0.25) is 5.02 Å². The van der Waals surface area contributed by atoms with Crippen molar-refractivity contribution in [3.8, 4) is 0 Å². The number of oxime groups is 1. The lowest BCUT2D eigenvalue weighted by Gasteiger charge is -2.15. The van der Waals surface area contributed by atoms with Crippen molar-refractivity contribution in [3.63, 3.8) is 0 Å². The average Bonchev–Trinajstić information content (AvgIpc) is 3.29. The summed E-state index contributed by atoms with van der Waals surface area (Å²) >= 11 is 5.82. The zero-order valence-electron chi connectivity index (χ0n) is 12.0. The van der Waals surface area contributed by atoms with Gasteiger partial charge in [-0.05, 0) is 36.4 Å². The maximum atomic E-state index is 12.7. The SMILES string of the molecule is O=C(C1=NO[C@@H]2C(=O)N(c3ccc(Cl)cc3)C(=O)[C@@H]12)c1ccco1. The van der Waals surface area contributed by atoms with E-state index in [1.54, 1.807) is 30.3 Å². The molecule has 2 atom stereocenters. The first-order chi connectivity index (χ1) is 11.6. The molecule has 0 aliphatic carbocycles. The summed E-state index contributed by atoms with van der Waals surface area (Å²) < 4.78 is 5.03. The molecule has 2 aromatic rings. The Kier molecular flexibility index (Phi) is 3.24. The third-order valence-electron chi connectivity index (χ3n) is 3.87. The Hall–Kier alpha value is -2.93. The molecule has 24 heavy (non-hydrogen) atoms. The van der Waals surface area contributed by atoms with Crippen LogP contribution < -0.4 is 4.90 Å². The van der Waals surface area contributed by atoms with Gasteiger partial charge in [0, 0.05) is 5.02 Å². The topological polar surface area (TPSA) is 89.2 Å². The summed E-state index contributed by atoms with van der Waals surface area (Å²) in [5.41, 5.74) is 0.224. The van der Waals surface area contributed by atoms with Gasteiger partial charge in [-0.25, -0.2) is 4.90 Å². The number of hydrogen-bond donors (Lipinski definition) is 0. The maximum Gasteiger partial charge on any atom is 0.278 e. The lowest BCUT2D eigenvalue weighted by molar-refractivity contribution is -0.126. The summed E-state index contributed by atoms with van der Waals surface area (Å²) in [4.78, 5) is 43.6. The molecular formula is C16H9ClN2O5. The predicted octanol–water partition coefficient (Wildman–Crippen LogP) is 2.06. The third kappa shape index (κ3) is 2.05. The number of furan rings is 1. The summed E-state index contributed by atoms with van der Waals surface area (Å²) in [5.74, 6) is -2.76. The molecule has 1 fully saturated rings. The smallest absolute Gasteiger partial charge is 0.278 e. The molecule has 7 nitrogen and oxygen atoms in total. The van der Waals surface area contributed by atoms with Crippen molar-refractivity contribution < 1.29 is 23.6 Å². The van der Waals surface area contributed by atoms with Crippen LogP contribution in [0.15, 0.2) is 52.2 Å². The van der Waals surface area contributed by atoms with E-state index in [9.17, 15) is 14.4 Å². The van der Waals surface area contributed by atoms with Crippen LogP contribution in [0.5, 0.6) is 0 Å². The normalized spacial score (nSPS) is 22.4. The van der Waals surface area contributed by atoms with E-state index in [4.69, 9.17) is 20.9 Å². The monoisotopic (exact) mass is 344 g/mol. The fourth-order valence-electron chi connectivity index (χ4n) is 2.74. The Morgan fingerprint density at radius 1 is 1.12 bits per heavy atom. The van der Waals surface area contributed by atoms with Gasteiger partial charge in [0.1, 0.15) is 11.6 Å². The second kappa shape index (κ2) is 5.31. The van der Waals surface area contributed by atoms with Gasteiger partial charge in [0.05, 0.1) is 12.0 Å². The minimum atomic E-state index is -1.14. The van der Waals surface area contributed by atoms with Crippen molar-refractivity contribution in [3.05, 3.63) is 53.4 Å². The molecule has 0 radical (unpaired) electrons. The molecule has 0 saturated carbocycles. The van der Waals surface area contributed by atoms with E-state index >= 15 is 0 Å². The molecule has 2 aliphatic rings. The van der Waals surface area contributed by atoms with Crippen molar-refractivity contribution in [2.45, 2.75) is 6.10 Å². The highest BCUT2D eigenvalue weighted by atomic mass is 35.5. The average molecular weight is 345 g/mol. The lowest BCUT2D eigenvalue weighted by atomic mass is 9.96. The van der Waals surface area contributed by atoms with Gasteiger partial charge in [-0.1, -0.05) is 16.8 Å². The van der Waals surface area contributed by atoms with Crippen LogP contribution in [-0.2, 0) is 14.4 Å². The van der Waals surface area contributed by atoms with E-state index in [2.05, 4.69) is 5.16 Å². The fourth-order valence-corrected chi connectivity index (χ4v) is 2.87. The van der Waals surface area contributed by atoms with Gasteiger partial charge in [-0.3, -0.25) is 14.4 Å². The van der Waals surface area contributed by atoms with Crippen LogP contribution in [0, 0.1) is 5.92 Å². The van der Waals surface area contributed by atoms with Gasteiger partial charge in [0.2, 0.25) is 17.8 Å². The highest BCUT2D eigenvalue weighted by Gasteiger charge is 2.57. The van der Waals surface area contributed by atoms with Crippen molar-refractivity contribution in [2.24, 2.45) is 11.1 Å². The Morgan fingerprint density at radius 3 is 2.54 bits per heavy atom. The summed E-state index contributed by atoms with van der Waals surface area (Å²) in [6.45, 7) is 0. The highest BCUT2D eigenvalue weighted by molar-refractivity contribution is 6.52. The van der Waals surface area contributed by atoms with Crippen molar-refractivity contribution >= 4 is 40.6 Å². The molecule has 0 unspecified atom stereocenters. The van der Waals surface area contributed by atoms with Crippen molar-refractivity contribution in [2.75, 3.05) is 4.90 Å². The molecule has 0 N–H and O–H groups in total.